The maximum absolute atomic E-state index is 13.9. The summed E-state index contributed by atoms with van der Waals surface area (Å²) in [6.07, 6.45) is -1.48. The van der Waals surface area contributed by atoms with Crippen molar-refractivity contribution in [3.8, 4) is 0 Å². The second-order valence-corrected chi connectivity index (χ2v) is 6.05. The van der Waals surface area contributed by atoms with Gasteiger partial charge in [-0.1, -0.05) is 48.0 Å². The Morgan fingerprint density at radius 2 is 1.65 bits per heavy atom. The Balaban J connectivity index is 2.04. The van der Waals surface area contributed by atoms with E-state index in [-0.39, 0.29) is 4.90 Å². The van der Waals surface area contributed by atoms with E-state index in [1.54, 1.807) is 42.5 Å². The molecule has 2 rings (SSSR count). The van der Waals surface area contributed by atoms with Gasteiger partial charge in [0.1, 0.15) is 12.8 Å². The Bertz CT molecular complexity index is 651. The molecule has 0 spiro atoms. The third-order valence-electron chi connectivity index (χ3n) is 2.84. The predicted molar refractivity (Wildman–Crippen MR) is 74.6 cm³/mol. The van der Waals surface area contributed by atoms with Gasteiger partial charge in [-0.3, -0.25) is 4.18 Å². The molecule has 0 saturated heterocycles. The third-order valence-corrected chi connectivity index (χ3v) is 4.14. The molecule has 20 heavy (non-hydrogen) atoms. The maximum atomic E-state index is 13.9. The summed E-state index contributed by atoms with van der Waals surface area (Å²) in [5.41, 5.74) is 1.34. The summed E-state index contributed by atoms with van der Waals surface area (Å²) in [4.78, 5) is 0.0309. The molecule has 0 unspecified atom stereocenters. The second kappa shape index (κ2) is 6.15. The summed E-state index contributed by atoms with van der Waals surface area (Å²) in [5, 5.41) is 0. The summed E-state index contributed by atoms with van der Waals surface area (Å²) in [6.45, 7) is 1.32. The van der Waals surface area contributed by atoms with E-state index in [1.807, 2.05) is 6.92 Å². The van der Waals surface area contributed by atoms with Crippen molar-refractivity contribution in [1.82, 2.24) is 0 Å². The topological polar surface area (TPSA) is 43.4 Å². The maximum Gasteiger partial charge on any atom is 0.297 e. The first-order valence-corrected chi connectivity index (χ1v) is 7.55. The Kier molecular flexibility index (Phi) is 4.52. The van der Waals surface area contributed by atoms with Crippen molar-refractivity contribution in [2.24, 2.45) is 0 Å². The highest BCUT2D eigenvalue weighted by Gasteiger charge is 2.18. The first-order valence-electron chi connectivity index (χ1n) is 6.14. The molecule has 0 bridgehead atoms. The fraction of sp³-hybridized carbons (Fsp3) is 0.200. The van der Waals surface area contributed by atoms with Crippen molar-refractivity contribution < 1.29 is 17.0 Å². The average molecular weight is 294 g/mol. The molecule has 2 aromatic carbocycles. The number of alkyl halides is 1. The minimum absolute atomic E-state index is 0.0309. The van der Waals surface area contributed by atoms with E-state index in [1.165, 1.54) is 12.1 Å². The van der Waals surface area contributed by atoms with Crippen LogP contribution < -0.4 is 0 Å². The summed E-state index contributed by atoms with van der Waals surface area (Å²) in [5.74, 6) is 0. The van der Waals surface area contributed by atoms with Crippen LogP contribution in [0.4, 0.5) is 4.39 Å². The Labute approximate surface area is 118 Å². The van der Waals surface area contributed by atoms with Crippen LogP contribution in [0.15, 0.2) is 59.5 Å². The lowest BCUT2D eigenvalue weighted by Crippen LogP contribution is -2.11. The molecular weight excluding hydrogens is 279 g/mol. The van der Waals surface area contributed by atoms with Crippen molar-refractivity contribution in [2.45, 2.75) is 18.0 Å². The largest absolute Gasteiger partial charge is 0.297 e. The molecule has 0 amide bonds. The predicted octanol–water partition coefficient (Wildman–Crippen LogP) is 3.41. The van der Waals surface area contributed by atoms with Crippen LogP contribution in [-0.4, -0.2) is 15.0 Å². The Hall–Kier alpha value is -1.72. The smallest absolute Gasteiger partial charge is 0.263 e. The van der Waals surface area contributed by atoms with Gasteiger partial charge in [-0.25, -0.2) is 4.39 Å². The SMILES string of the molecule is Cc1ccc(S(=O)(=O)OC[C@H](F)c2ccccc2)cc1. The van der Waals surface area contributed by atoms with Gasteiger partial charge < -0.3 is 0 Å². The molecule has 0 saturated carbocycles. The van der Waals surface area contributed by atoms with Gasteiger partial charge in [0.05, 0.1) is 4.90 Å². The van der Waals surface area contributed by atoms with Gasteiger partial charge in [0.15, 0.2) is 0 Å². The molecule has 0 aliphatic heterocycles. The van der Waals surface area contributed by atoms with Crippen LogP contribution in [0, 0.1) is 6.92 Å². The normalized spacial score (nSPS) is 13.1. The standard InChI is InChI=1S/C15H15FO3S/c1-12-7-9-14(10-8-12)20(17,18)19-11-15(16)13-5-3-2-4-6-13/h2-10,15H,11H2,1H3/t15-/m0/s1. The number of hydrogen-bond donors (Lipinski definition) is 0. The van der Waals surface area contributed by atoms with Crippen molar-refractivity contribution in [2.75, 3.05) is 6.61 Å². The molecule has 5 heteroatoms. The van der Waals surface area contributed by atoms with Crippen molar-refractivity contribution >= 4 is 10.1 Å². The van der Waals surface area contributed by atoms with Gasteiger partial charge in [-0.15, -0.1) is 0 Å². The quantitative estimate of drug-likeness (QED) is 0.794. The molecule has 0 N–H and O–H groups in total. The van der Waals surface area contributed by atoms with Gasteiger partial charge in [0.25, 0.3) is 10.1 Å². The van der Waals surface area contributed by atoms with Crippen molar-refractivity contribution in [3.63, 3.8) is 0 Å². The molecule has 0 radical (unpaired) electrons. The molecule has 0 aromatic heterocycles. The molecule has 0 aliphatic carbocycles. The van der Waals surface area contributed by atoms with E-state index in [0.717, 1.165) is 5.56 Å². The van der Waals surface area contributed by atoms with Gasteiger partial charge in [-0.05, 0) is 24.6 Å². The molecule has 1 atom stereocenters. The van der Waals surface area contributed by atoms with E-state index in [2.05, 4.69) is 0 Å². The van der Waals surface area contributed by atoms with E-state index in [4.69, 9.17) is 4.18 Å². The van der Waals surface area contributed by atoms with Crippen LogP contribution in [0.2, 0.25) is 0 Å². The Morgan fingerprint density at radius 1 is 1.05 bits per heavy atom. The van der Waals surface area contributed by atoms with Gasteiger partial charge in [0.2, 0.25) is 0 Å². The molecule has 0 heterocycles. The summed E-state index contributed by atoms with van der Waals surface area (Å²) in [7, 11) is -3.92. The lowest BCUT2D eigenvalue weighted by atomic mass is 10.1. The fourth-order valence-corrected chi connectivity index (χ4v) is 2.58. The zero-order valence-electron chi connectivity index (χ0n) is 11.0. The van der Waals surface area contributed by atoms with E-state index in [9.17, 15) is 12.8 Å². The highest BCUT2D eigenvalue weighted by molar-refractivity contribution is 7.86. The van der Waals surface area contributed by atoms with Crippen LogP contribution in [0.5, 0.6) is 0 Å². The monoisotopic (exact) mass is 294 g/mol. The number of aryl methyl sites for hydroxylation is 1. The van der Waals surface area contributed by atoms with Crippen LogP contribution >= 0.6 is 0 Å². The van der Waals surface area contributed by atoms with E-state index in [0.29, 0.717) is 5.56 Å². The molecule has 0 fully saturated rings. The minimum atomic E-state index is -3.92. The first-order chi connectivity index (χ1) is 9.49. The number of rotatable bonds is 5. The van der Waals surface area contributed by atoms with Crippen LogP contribution in [0.25, 0.3) is 0 Å². The van der Waals surface area contributed by atoms with E-state index < -0.39 is 22.9 Å². The average Bonchev–Trinajstić information content (AvgIpc) is 2.46. The molecule has 3 nitrogen and oxygen atoms in total. The molecule has 106 valence electrons. The number of halogens is 1. The highest BCUT2D eigenvalue weighted by atomic mass is 32.2. The zero-order valence-corrected chi connectivity index (χ0v) is 11.8. The summed E-state index contributed by atoms with van der Waals surface area (Å²) >= 11 is 0. The van der Waals surface area contributed by atoms with Crippen LogP contribution in [-0.2, 0) is 14.3 Å². The third kappa shape index (κ3) is 3.65. The lowest BCUT2D eigenvalue weighted by molar-refractivity contribution is 0.203. The highest BCUT2D eigenvalue weighted by Crippen LogP contribution is 2.20. The van der Waals surface area contributed by atoms with Crippen molar-refractivity contribution in [3.05, 3.63) is 65.7 Å². The first kappa shape index (κ1) is 14.7. The van der Waals surface area contributed by atoms with Gasteiger partial charge in [0, 0.05) is 0 Å². The second-order valence-electron chi connectivity index (χ2n) is 4.43. The van der Waals surface area contributed by atoms with Crippen molar-refractivity contribution in [1.29, 1.82) is 0 Å². The minimum Gasteiger partial charge on any atom is -0.263 e. The lowest BCUT2D eigenvalue weighted by Gasteiger charge is -2.10. The fourth-order valence-electron chi connectivity index (χ4n) is 1.68. The molecule has 0 aliphatic rings. The van der Waals surface area contributed by atoms with Gasteiger partial charge >= 0.3 is 0 Å². The number of hydrogen-bond acceptors (Lipinski definition) is 3. The van der Waals surface area contributed by atoms with Gasteiger partial charge in [-0.2, -0.15) is 8.42 Å². The molecule has 2 aromatic rings. The van der Waals surface area contributed by atoms with Crippen LogP contribution in [0.1, 0.15) is 17.3 Å². The number of benzene rings is 2. The molecular formula is C15H15FO3S. The van der Waals surface area contributed by atoms with Crippen LogP contribution in [0.3, 0.4) is 0 Å². The Morgan fingerprint density at radius 3 is 2.25 bits per heavy atom. The summed E-state index contributed by atoms with van der Waals surface area (Å²) in [6, 6.07) is 14.5. The zero-order chi connectivity index (χ0) is 14.6. The van der Waals surface area contributed by atoms with E-state index >= 15 is 0 Å². The summed E-state index contributed by atoms with van der Waals surface area (Å²) < 4.78 is 42.4.